The lowest BCUT2D eigenvalue weighted by Gasteiger charge is -2.32. The van der Waals surface area contributed by atoms with E-state index in [1.807, 2.05) is 27.7 Å². The summed E-state index contributed by atoms with van der Waals surface area (Å²) in [6, 6.07) is 0. The molecule has 132 valence electrons. The largest absolute Gasteiger partial charge is 0.372 e. The Labute approximate surface area is 135 Å². The molecule has 0 spiro atoms. The first kappa shape index (κ1) is 21.3. The molecule has 6 heteroatoms. The fourth-order valence-electron chi connectivity index (χ4n) is 1.80. The van der Waals surface area contributed by atoms with Gasteiger partial charge in [-0.25, -0.2) is 0 Å². The minimum atomic E-state index is -0.434. The normalized spacial score (nSPS) is 12.5. The van der Waals surface area contributed by atoms with Gasteiger partial charge in [-0.1, -0.05) is 6.42 Å². The van der Waals surface area contributed by atoms with Crippen molar-refractivity contribution in [3.05, 3.63) is 0 Å². The molecule has 0 aromatic rings. The molecule has 0 fully saturated rings. The molecular formula is C16H35N3O3. The van der Waals surface area contributed by atoms with Crippen LogP contribution in [-0.2, 0) is 14.3 Å². The second-order valence-corrected chi connectivity index (χ2v) is 6.82. The molecule has 0 aromatic carbocycles. The van der Waals surface area contributed by atoms with Gasteiger partial charge in [-0.05, 0) is 47.1 Å². The van der Waals surface area contributed by atoms with Crippen molar-refractivity contribution in [1.82, 2.24) is 5.32 Å². The van der Waals surface area contributed by atoms with E-state index in [9.17, 15) is 4.79 Å². The Bertz CT molecular complexity index is 307. The van der Waals surface area contributed by atoms with Gasteiger partial charge < -0.3 is 26.3 Å². The molecule has 0 atom stereocenters. The van der Waals surface area contributed by atoms with Crippen molar-refractivity contribution in [2.24, 2.45) is 11.5 Å². The number of nitrogens with two attached hydrogens (primary N) is 2. The Morgan fingerprint density at radius 2 is 1.64 bits per heavy atom. The Balaban J connectivity index is 3.95. The standard InChI is InChI=1S/C16H35N3O3/c1-15(2,22-13-16(3,4)21-11-10-18)12-19-14(20)8-6-5-7-9-17/h5-13,17-18H2,1-4H3,(H,19,20). The lowest BCUT2D eigenvalue weighted by Crippen LogP contribution is -2.44. The summed E-state index contributed by atoms with van der Waals surface area (Å²) in [6.07, 6.45) is 3.39. The van der Waals surface area contributed by atoms with Crippen molar-refractivity contribution in [1.29, 1.82) is 0 Å². The van der Waals surface area contributed by atoms with Crippen LogP contribution in [-0.4, -0.2) is 50.0 Å². The number of unbranched alkanes of at least 4 members (excludes halogenated alkanes) is 2. The van der Waals surface area contributed by atoms with Gasteiger partial charge in [0.1, 0.15) is 0 Å². The Kier molecular flexibility index (Phi) is 10.6. The van der Waals surface area contributed by atoms with E-state index in [2.05, 4.69) is 5.32 Å². The molecule has 6 nitrogen and oxygen atoms in total. The summed E-state index contributed by atoms with van der Waals surface area (Å²) in [6.45, 7) is 10.5. The maximum Gasteiger partial charge on any atom is 0.220 e. The van der Waals surface area contributed by atoms with Crippen LogP contribution in [0.3, 0.4) is 0 Å². The Hall–Kier alpha value is -0.690. The highest BCUT2D eigenvalue weighted by molar-refractivity contribution is 5.75. The number of amides is 1. The first-order valence-electron chi connectivity index (χ1n) is 8.17. The van der Waals surface area contributed by atoms with Gasteiger partial charge in [0.25, 0.3) is 0 Å². The van der Waals surface area contributed by atoms with Gasteiger partial charge in [0.05, 0.1) is 24.4 Å². The quantitative estimate of drug-likeness (QED) is 0.443. The SMILES string of the molecule is CC(C)(CNC(=O)CCCCCN)OCC(C)(C)OCCN. The second kappa shape index (κ2) is 10.9. The number of carbonyl (C=O) groups excluding carboxylic acids is 1. The molecule has 0 unspecified atom stereocenters. The number of ether oxygens (including phenoxy) is 2. The molecule has 5 N–H and O–H groups in total. The zero-order chi connectivity index (χ0) is 17.1. The fourth-order valence-corrected chi connectivity index (χ4v) is 1.80. The van der Waals surface area contributed by atoms with E-state index in [1.54, 1.807) is 0 Å². The van der Waals surface area contributed by atoms with Gasteiger partial charge in [-0.2, -0.15) is 0 Å². The van der Waals surface area contributed by atoms with Crippen molar-refractivity contribution in [2.75, 3.05) is 32.8 Å². The van der Waals surface area contributed by atoms with Crippen molar-refractivity contribution in [3.8, 4) is 0 Å². The number of carbonyl (C=O) groups is 1. The molecule has 1 amide bonds. The van der Waals surface area contributed by atoms with E-state index in [4.69, 9.17) is 20.9 Å². The zero-order valence-electron chi connectivity index (χ0n) is 14.7. The van der Waals surface area contributed by atoms with Gasteiger partial charge >= 0.3 is 0 Å². The Morgan fingerprint density at radius 1 is 0.955 bits per heavy atom. The molecule has 0 saturated carbocycles. The maximum atomic E-state index is 11.8. The van der Waals surface area contributed by atoms with E-state index in [0.29, 0.717) is 39.3 Å². The van der Waals surface area contributed by atoms with E-state index < -0.39 is 5.60 Å². The summed E-state index contributed by atoms with van der Waals surface area (Å²) in [4.78, 5) is 11.8. The topological polar surface area (TPSA) is 99.6 Å². The van der Waals surface area contributed by atoms with Crippen LogP contribution in [0.25, 0.3) is 0 Å². The summed E-state index contributed by atoms with van der Waals surface area (Å²) in [5.41, 5.74) is 10.0. The molecule has 22 heavy (non-hydrogen) atoms. The third kappa shape index (κ3) is 11.9. The van der Waals surface area contributed by atoms with Crippen LogP contribution in [0.4, 0.5) is 0 Å². The maximum absolute atomic E-state index is 11.8. The van der Waals surface area contributed by atoms with Gasteiger partial charge in [0.2, 0.25) is 5.91 Å². The predicted molar refractivity (Wildman–Crippen MR) is 89.6 cm³/mol. The third-order valence-electron chi connectivity index (χ3n) is 3.24. The molecule has 0 saturated heterocycles. The van der Waals surface area contributed by atoms with Crippen molar-refractivity contribution in [3.63, 3.8) is 0 Å². The van der Waals surface area contributed by atoms with Gasteiger partial charge in [-0.15, -0.1) is 0 Å². The lowest BCUT2D eigenvalue weighted by molar-refractivity contribution is -0.128. The van der Waals surface area contributed by atoms with Gasteiger partial charge in [0, 0.05) is 19.5 Å². The molecule has 0 aliphatic heterocycles. The summed E-state index contributed by atoms with van der Waals surface area (Å²) >= 11 is 0. The molecule has 0 heterocycles. The smallest absolute Gasteiger partial charge is 0.220 e. The highest BCUT2D eigenvalue weighted by Crippen LogP contribution is 2.15. The number of hydrogen-bond donors (Lipinski definition) is 3. The van der Waals surface area contributed by atoms with Crippen LogP contribution in [0.15, 0.2) is 0 Å². The minimum absolute atomic E-state index is 0.0624. The summed E-state index contributed by atoms with van der Waals surface area (Å²) in [5, 5.41) is 2.92. The van der Waals surface area contributed by atoms with E-state index >= 15 is 0 Å². The van der Waals surface area contributed by atoms with E-state index in [-0.39, 0.29) is 11.5 Å². The molecule has 0 aliphatic rings. The van der Waals surface area contributed by atoms with Crippen LogP contribution < -0.4 is 16.8 Å². The van der Waals surface area contributed by atoms with Crippen molar-refractivity contribution in [2.45, 2.75) is 64.6 Å². The highest BCUT2D eigenvalue weighted by atomic mass is 16.6. The van der Waals surface area contributed by atoms with Crippen molar-refractivity contribution < 1.29 is 14.3 Å². The monoisotopic (exact) mass is 317 g/mol. The first-order valence-corrected chi connectivity index (χ1v) is 8.17. The fraction of sp³-hybridized carbons (Fsp3) is 0.938. The number of nitrogens with one attached hydrogen (secondary N) is 1. The van der Waals surface area contributed by atoms with Crippen LogP contribution >= 0.6 is 0 Å². The number of hydrogen-bond acceptors (Lipinski definition) is 5. The molecule has 0 bridgehead atoms. The molecule has 0 radical (unpaired) electrons. The predicted octanol–water partition coefficient (Wildman–Crippen LogP) is 1.17. The molecule has 0 aromatic heterocycles. The van der Waals surface area contributed by atoms with E-state index in [0.717, 1.165) is 19.3 Å². The average Bonchev–Trinajstić information content (AvgIpc) is 2.46. The van der Waals surface area contributed by atoms with Crippen LogP contribution in [0.5, 0.6) is 0 Å². The van der Waals surface area contributed by atoms with Gasteiger partial charge in [0.15, 0.2) is 0 Å². The molecular weight excluding hydrogens is 282 g/mol. The highest BCUT2D eigenvalue weighted by Gasteiger charge is 2.25. The van der Waals surface area contributed by atoms with E-state index in [1.165, 1.54) is 0 Å². The van der Waals surface area contributed by atoms with Crippen LogP contribution in [0, 0.1) is 0 Å². The average molecular weight is 317 g/mol. The minimum Gasteiger partial charge on any atom is -0.372 e. The molecule has 0 rings (SSSR count). The second-order valence-electron chi connectivity index (χ2n) is 6.82. The summed E-state index contributed by atoms with van der Waals surface area (Å²) in [5.74, 6) is 0.0624. The molecule has 0 aliphatic carbocycles. The first-order chi connectivity index (χ1) is 10.2. The van der Waals surface area contributed by atoms with Gasteiger partial charge in [-0.3, -0.25) is 4.79 Å². The third-order valence-corrected chi connectivity index (χ3v) is 3.24. The number of rotatable bonds is 13. The lowest BCUT2D eigenvalue weighted by atomic mass is 10.1. The van der Waals surface area contributed by atoms with Crippen LogP contribution in [0.1, 0.15) is 53.4 Å². The van der Waals surface area contributed by atoms with Crippen LogP contribution in [0.2, 0.25) is 0 Å². The van der Waals surface area contributed by atoms with Crippen molar-refractivity contribution >= 4 is 5.91 Å². The Morgan fingerprint density at radius 3 is 2.23 bits per heavy atom. The zero-order valence-corrected chi connectivity index (χ0v) is 14.7. The summed E-state index contributed by atoms with van der Waals surface area (Å²) in [7, 11) is 0. The summed E-state index contributed by atoms with van der Waals surface area (Å²) < 4.78 is 11.5.